The first kappa shape index (κ1) is 20.4. The second-order valence-electron chi connectivity index (χ2n) is 8.36. The topological polar surface area (TPSA) is 99.0 Å². The van der Waals surface area contributed by atoms with Crippen LogP contribution in [0.1, 0.15) is 55.8 Å². The Hall–Kier alpha value is -2.49. The molecular formula is C21H24FN5O3S. The number of carbonyl (C=O) groups excluding carboxylic acids is 1. The summed E-state index contributed by atoms with van der Waals surface area (Å²) in [5.41, 5.74) is 1.82. The van der Waals surface area contributed by atoms with Crippen molar-refractivity contribution in [2.75, 3.05) is 5.75 Å². The first-order valence-electron chi connectivity index (χ1n) is 10.8. The normalized spacial score (nSPS) is 24.5. The highest BCUT2D eigenvalue weighted by atomic mass is 32.2. The number of ether oxygens (including phenoxy) is 1. The smallest absolute Gasteiger partial charge is 0.316 e. The van der Waals surface area contributed by atoms with E-state index >= 15 is 0 Å². The Morgan fingerprint density at radius 3 is 2.77 bits per heavy atom. The summed E-state index contributed by atoms with van der Waals surface area (Å²) in [5, 5.41) is 3.87. The van der Waals surface area contributed by atoms with Crippen molar-refractivity contribution in [1.29, 1.82) is 0 Å². The number of halogens is 1. The summed E-state index contributed by atoms with van der Waals surface area (Å²) in [6, 6.07) is 0.128. The minimum Gasteiger partial charge on any atom is -0.460 e. The molecule has 1 aliphatic heterocycles. The zero-order valence-electron chi connectivity index (χ0n) is 17.1. The van der Waals surface area contributed by atoms with Crippen LogP contribution >= 0.6 is 11.8 Å². The number of carbonyl (C=O) groups is 1. The molecular weight excluding hydrogens is 421 g/mol. The molecule has 2 aliphatic carbocycles. The van der Waals surface area contributed by atoms with Gasteiger partial charge in [0.05, 0.1) is 24.1 Å². The number of hydrogen-bond donors (Lipinski definition) is 1. The van der Waals surface area contributed by atoms with Gasteiger partial charge in [0.25, 0.3) is 5.56 Å². The number of hydrogen-bond acceptors (Lipinski definition) is 7. The molecule has 31 heavy (non-hydrogen) atoms. The Bertz CT molecular complexity index is 1040. The molecule has 0 aromatic carbocycles. The number of thioether (sulfide) groups is 1. The molecule has 1 atom stereocenters. The van der Waals surface area contributed by atoms with Gasteiger partial charge in [0.2, 0.25) is 5.91 Å². The number of fused-ring (bicyclic) bond motifs is 2. The Balaban J connectivity index is 1.13. The first-order valence-corrected chi connectivity index (χ1v) is 11.8. The van der Waals surface area contributed by atoms with E-state index in [0.29, 0.717) is 12.2 Å². The van der Waals surface area contributed by atoms with Crippen molar-refractivity contribution < 1.29 is 13.9 Å². The Labute approximate surface area is 183 Å². The van der Waals surface area contributed by atoms with Crippen LogP contribution in [0.2, 0.25) is 0 Å². The summed E-state index contributed by atoms with van der Waals surface area (Å²) < 4.78 is 20.4. The summed E-state index contributed by atoms with van der Waals surface area (Å²) >= 11 is 1.57. The maximum absolute atomic E-state index is 12.9. The van der Waals surface area contributed by atoms with Gasteiger partial charge in [-0.15, -0.1) is 0 Å². The average molecular weight is 446 g/mol. The molecule has 3 heterocycles. The molecule has 1 unspecified atom stereocenters. The van der Waals surface area contributed by atoms with Crippen molar-refractivity contribution in [2.45, 2.75) is 74.7 Å². The van der Waals surface area contributed by atoms with E-state index in [2.05, 4.69) is 20.3 Å². The van der Waals surface area contributed by atoms with Crippen LogP contribution in [0.5, 0.6) is 6.01 Å². The van der Waals surface area contributed by atoms with Gasteiger partial charge in [-0.25, -0.2) is 19.3 Å². The van der Waals surface area contributed by atoms with Crippen LogP contribution in [0.15, 0.2) is 22.3 Å². The molecule has 1 fully saturated rings. The van der Waals surface area contributed by atoms with E-state index in [0.717, 1.165) is 73.8 Å². The molecule has 3 aliphatic rings. The Kier molecular flexibility index (Phi) is 5.64. The average Bonchev–Trinajstić information content (AvgIpc) is 3.39. The summed E-state index contributed by atoms with van der Waals surface area (Å²) in [6.07, 6.45) is 8.20. The van der Waals surface area contributed by atoms with E-state index in [1.54, 1.807) is 16.3 Å². The summed E-state index contributed by atoms with van der Waals surface area (Å²) in [7, 11) is 0. The van der Waals surface area contributed by atoms with E-state index in [4.69, 9.17) is 4.74 Å². The van der Waals surface area contributed by atoms with Crippen molar-refractivity contribution in [3.8, 4) is 6.01 Å². The molecule has 0 saturated heterocycles. The van der Waals surface area contributed by atoms with Gasteiger partial charge in [0.15, 0.2) is 11.0 Å². The van der Waals surface area contributed by atoms with E-state index in [1.165, 1.54) is 0 Å². The fourth-order valence-corrected chi connectivity index (χ4v) is 5.79. The van der Waals surface area contributed by atoms with Crippen molar-refractivity contribution in [2.24, 2.45) is 0 Å². The highest BCUT2D eigenvalue weighted by Gasteiger charge is 2.32. The summed E-state index contributed by atoms with van der Waals surface area (Å²) in [6.45, 7) is 0. The number of aromatic nitrogens is 4. The lowest BCUT2D eigenvalue weighted by Crippen LogP contribution is -2.41. The SMILES string of the molecule is O=C(CC1CSc2nc3c(c(=O)n21)CCC3)NC1CCC(Oc2ncc(F)cn2)CC1. The van der Waals surface area contributed by atoms with E-state index in [-0.39, 0.29) is 35.7 Å². The van der Waals surface area contributed by atoms with Gasteiger partial charge >= 0.3 is 6.01 Å². The van der Waals surface area contributed by atoms with Gasteiger partial charge in [0, 0.05) is 23.8 Å². The molecule has 0 bridgehead atoms. The van der Waals surface area contributed by atoms with Crippen LogP contribution in [0.4, 0.5) is 4.39 Å². The number of aryl methyl sites for hydroxylation is 1. The van der Waals surface area contributed by atoms with Gasteiger partial charge in [-0.2, -0.15) is 0 Å². The molecule has 5 rings (SSSR count). The lowest BCUT2D eigenvalue weighted by Gasteiger charge is -2.29. The fourth-order valence-electron chi connectivity index (χ4n) is 4.64. The number of rotatable bonds is 5. The lowest BCUT2D eigenvalue weighted by atomic mass is 9.93. The molecule has 1 saturated carbocycles. The van der Waals surface area contributed by atoms with Gasteiger partial charge in [-0.3, -0.25) is 14.2 Å². The lowest BCUT2D eigenvalue weighted by molar-refractivity contribution is -0.122. The quantitative estimate of drug-likeness (QED) is 0.705. The van der Waals surface area contributed by atoms with Crippen LogP contribution < -0.4 is 15.6 Å². The molecule has 0 radical (unpaired) electrons. The van der Waals surface area contributed by atoms with Crippen LogP contribution in [0, 0.1) is 5.82 Å². The second kappa shape index (κ2) is 8.57. The third kappa shape index (κ3) is 4.30. The third-order valence-corrected chi connectivity index (χ3v) is 7.30. The van der Waals surface area contributed by atoms with Gasteiger partial charge in [-0.05, 0) is 44.9 Å². The van der Waals surface area contributed by atoms with E-state index in [9.17, 15) is 14.0 Å². The maximum Gasteiger partial charge on any atom is 0.316 e. The highest BCUT2D eigenvalue weighted by molar-refractivity contribution is 7.99. The van der Waals surface area contributed by atoms with Crippen molar-refractivity contribution >= 4 is 17.7 Å². The molecule has 2 aromatic rings. The minimum absolute atomic E-state index is 0.0305. The van der Waals surface area contributed by atoms with Crippen molar-refractivity contribution in [1.82, 2.24) is 24.8 Å². The van der Waals surface area contributed by atoms with Crippen LogP contribution in [0.25, 0.3) is 0 Å². The molecule has 1 amide bonds. The maximum atomic E-state index is 12.9. The molecule has 2 aromatic heterocycles. The van der Waals surface area contributed by atoms with Crippen LogP contribution in [-0.4, -0.2) is 43.3 Å². The zero-order chi connectivity index (χ0) is 21.4. The predicted octanol–water partition coefficient (Wildman–Crippen LogP) is 2.20. The van der Waals surface area contributed by atoms with Gasteiger partial charge in [0.1, 0.15) is 6.10 Å². The highest BCUT2D eigenvalue weighted by Crippen LogP contribution is 2.34. The Morgan fingerprint density at radius 2 is 2.00 bits per heavy atom. The van der Waals surface area contributed by atoms with Gasteiger partial charge < -0.3 is 10.1 Å². The second-order valence-corrected chi connectivity index (χ2v) is 9.35. The monoisotopic (exact) mass is 445 g/mol. The number of amides is 1. The fraction of sp³-hybridized carbons (Fsp3) is 0.571. The molecule has 164 valence electrons. The first-order chi connectivity index (χ1) is 15.1. The molecule has 10 heteroatoms. The predicted molar refractivity (Wildman–Crippen MR) is 112 cm³/mol. The molecule has 1 N–H and O–H groups in total. The standard InChI is InChI=1S/C21H24FN5O3S/c22-12-9-23-20(24-10-12)30-15-6-4-13(5-7-15)25-18(28)8-14-11-31-21-26-17-3-1-2-16(17)19(29)27(14)21/h9-10,13-15H,1-8,11H2,(H,25,28). The largest absolute Gasteiger partial charge is 0.460 e. The van der Waals surface area contributed by atoms with E-state index in [1.807, 2.05) is 0 Å². The number of nitrogens with zero attached hydrogens (tertiary/aromatic N) is 4. The van der Waals surface area contributed by atoms with Crippen LogP contribution in [0.3, 0.4) is 0 Å². The van der Waals surface area contributed by atoms with Gasteiger partial charge in [-0.1, -0.05) is 11.8 Å². The molecule has 0 spiro atoms. The summed E-state index contributed by atoms with van der Waals surface area (Å²) in [5.74, 6) is 0.179. The molecule has 8 nitrogen and oxygen atoms in total. The number of nitrogens with one attached hydrogen (secondary N) is 1. The summed E-state index contributed by atoms with van der Waals surface area (Å²) in [4.78, 5) is 37.9. The third-order valence-electron chi connectivity index (χ3n) is 6.20. The van der Waals surface area contributed by atoms with Crippen molar-refractivity contribution in [3.63, 3.8) is 0 Å². The van der Waals surface area contributed by atoms with Crippen LogP contribution in [-0.2, 0) is 17.6 Å². The Morgan fingerprint density at radius 1 is 1.23 bits per heavy atom. The van der Waals surface area contributed by atoms with Crippen molar-refractivity contribution in [3.05, 3.63) is 39.8 Å². The van der Waals surface area contributed by atoms with E-state index < -0.39 is 5.82 Å². The zero-order valence-corrected chi connectivity index (χ0v) is 17.9. The minimum atomic E-state index is -0.496.